The van der Waals surface area contributed by atoms with Crippen LogP contribution < -0.4 is 0 Å². The van der Waals surface area contributed by atoms with E-state index < -0.39 is 10.1 Å². The highest BCUT2D eigenvalue weighted by atomic mass is 32.2. The fraction of sp³-hybridized carbons (Fsp3) is 0.300. The fourth-order valence-electron chi connectivity index (χ4n) is 1.05. The molecule has 0 unspecified atom stereocenters. The molecule has 0 saturated heterocycles. The first kappa shape index (κ1) is 11.9. The van der Waals surface area contributed by atoms with E-state index >= 15 is 0 Å². The predicted octanol–water partition coefficient (Wildman–Crippen LogP) is 1.24. The molecule has 0 aromatic heterocycles. The van der Waals surface area contributed by atoms with E-state index in [1.165, 1.54) is 0 Å². The maximum Gasteiger partial charge on any atom is 0.264 e. The number of carbonyl (C=O) groups is 1. The van der Waals surface area contributed by atoms with Crippen LogP contribution in [0.1, 0.15) is 16.8 Å². The van der Waals surface area contributed by atoms with Crippen LogP contribution in [-0.4, -0.2) is 27.1 Å². The molecule has 82 valence electrons. The lowest BCUT2D eigenvalue weighted by Gasteiger charge is -2.00. The Morgan fingerprint density at radius 1 is 1.27 bits per heavy atom. The molecule has 15 heavy (non-hydrogen) atoms. The number of benzene rings is 1. The third kappa shape index (κ3) is 4.71. The van der Waals surface area contributed by atoms with Crippen LogP contribution in [0, 0.1) is 0 Å². The Labute approximate surface area is 89.0 Å². The van der Waals surface area contributed by atoms with Gasteiger partial charge in [-0.2, -0.15) is 8.42 Å². The molecule has 0 saturated carbocycles. The second-order valence-electron chi connectivity index (χ2n) is 3.07. The first-order valence-corrected chi connectivity index (χ1v) is 6.23. The van der Waals surface area contributed by atoms with Crippen molar-refractivity contribution in [2.75, 3.05) is 12.9 Å². The van der Waals surface area contributed by atoms with E-state index in [1.807, 2.05) is 6.07 Å². The lowest BCUT2D eigenvalue weighted by molar-refractivity contribution is 0.0964. The van der Waals surface area contributed by atoms with E-state index in [9.17, 15) is 13.2 Å². The van der Waals surface area contributed by atoms with Crippen molar-refractivity contribution in [1.29, 1.82) is 0 Å². The van der Waals surface area contributed by atoms with Gasteiger partial charge >= 0.3 is 0 Å². The van der Waals surface area contributed by atoms with E-state index in [2.05, 4.69) is 4.18 Å². The summed E-state index contributed by atoms with van der Waals surface area (Å²) in [4.78, 5) is 11.5. The van der Waals surface area contributed by atoms with Gasteiger partial charge < -0.3 is 0 Å². The van der Waals surface area contributed by atoms with Crippen LogP contribution in [0.2, 0.25) is 0 Å². The third-order valence-corrected chi connectivity index (χ3v) is 2.32. The Hall–Kier alpha value is -1.20. The highest BCUT2D eigenvalue weighted by Crippen LogP contribution is 2.03. The maximum atomic E-state index is 11.5. The third-order valence-electron chi connectivity index (χ3n) is 1.72. The van der Waals surface area contributed by atoms with Gasteiger partial charge in [-0.1, -0.05) is 30.3 Å². The zero-order valence-electron chi connectivity index (χ0n) is 8.34. The number of ketones is 1. The van der Waals surface area contributed by atoms with E-state index in [4.69, 9.17) is 0 Å². The smallest absolute Gasteiger partial charge is 0.264 e. The topological polar surface area (TPSA) is 60.4 Å². The van der Waals surface area contributed by atoms with Gasteiger partial charge in [0.05, 0.1) is 12.9 Å². The molecule has 1 rings (SSSR count). The second-order valence-corrected chi connectivity index (χ2v) is 4.71. The largest absolute Gasteiger partial charge is 0.294 e. The summed E-state index contributed by atoms with van der Waals surface area (Å²) in [6.45, 7) is -0.105. The molecule has 0 N–H and O–H groups in total. The van der Waals surface area contributed by atoms with Crippen LogP contribution >= 0.6 is 0 Å². The van der Waals surface area contributed by atoms with Crippen molar-refractivity contribution in [2.24, 2.45) is 0 Å². The van der Waals surface area contributed by atoms with E-state index in [-0.39, 0.29) is 18.8 Å². The van der Waals surface area contributed by atoms with Crippen molar-refractivity contribution in [3.63, 3.8) is 0 Å². The van der Waals surface area contributed by atoms with Gasteiger partial charge in [-0.05, 0) is 0 Å². The quantitative estimate of drug-likeness (QED) is 0.562. The average molecular weight is 228 g/mol. The molecule has 0 heterocycles. The highest BCUT2D eigenvalue weighted by molar-refractivity contribution is 7.85. The van der Waals surface area contributed by atoms with Gasteiger partial charge in [-0.15, -0.1) is 0 Å². The summed E-state index contributed by atoms with van der Waals surface area (Å²) in [5, 5.41) is 0. The van der Waals surface area contributed by atoms with Crippen LogP contribution in [0.3, 0.4) is 0 Å². The van der Waals surface area contributed by atoms with Gasteiger partial charge in [0.15, 0.2) is 5.78 Å². The Kier molecular flexibility index (Phi) is 3.99. The second kappa shape index (κ2) is 5.04. The maximum absolute atomic E-state index is 11.5. The molecule has 0 amide bonds. The Morgan fingerprint density at radius 2 is 1.87 bits per heavy atom. The molecule has 0 aliphatic heterocycles. The standard InChI is InChI=1S/C10H12O4S/c1-15(12,13)14-8-7-10(11)9-5-3-2-4-6-9/h2-6H,7-8H2,1H3. The molecule has 1 aromatic rings. The van der Waals surface area contributed by atoms with Crippen LogP contribution in [0.25, 0.3) is 0 Å². The van der Waals surface area contributed by atoms with Crippen molar-refractivity contribution < 1.29 is 17.4 Å². The lowest BCUT2D eigenvalue weighted by Crippen LogP contribution is -2.08. The van der Waals surface area contributed by atoms with E-state index in [0.717, 1.165) is 6.26 Å². The summed E-state index contributed by atoms with van der Waals surface area (Å²) in [5.74, 6) is -0.126. The predicted molar refractivity (Wildman–Crippen MR) is 56.2 cm³/mol. The SMILES string of the molecule is CS(=O)(=O)OCCC(=O)c1ccccc1. The first-order chi connectivity index (χ1) is 6.99. The van der Waals surface area contributed by atoms with Crippen molar-refractivity contribution in [2.45, 2.75) is 6.42 Å². The van der Waals surface area contributed by atoms with Crippen molar-refractivity contribution in [3.05, 3.63) is 35.9 Å². The minimum atomic E-state index is -3.45. The molecule has 5 heteroatoms. The van der Waals surface area contributed by atoms with E-state index in [0.29, 0.717) is 5.56 Å². The molecule has 0 atom stereocenters. The Balaban J connectivity index is 2.45. The minimum Gasteiger partial charge on any atom is -0.294 e. The number of rotatable bonds is 5. The summed E-state index contributed by atoms with van der Waals surface area (Å²) in [6.07, 6.45) is 1.02. The van der Waals surface area contributed by atoms with Gasteiger partial charge in [0, 0.05) is 12.0 Å². The fourth-order valence-corrected chi connectivity index (χ4v) is 1.44. The minimum absolute atomic E-state index is 0.0666. The average Bonchev–Trinajstić information content (AvgIpc) is 2.17. The zero-order chi connectivity index (χ0) is 11.3. The molecular weight excluding hydrogens is 216 g/mol. The molecular formula is C10H12O4S. The number of hydrogen-bond acceptors (Lipinski definition) is 4. The molecule has 0 aliphatic rings. The van der Waals surface area contributed by atoms with Crippen LogP contribution in [0.15, 0.2) is 30.3 Å². The van der Waals surface area contributed by atoms with Gasteiger partial charge in [-0.25, -0.2) is 0 Å². The Morgan fingerprint density at radius 3 is 2.40 bits per heavy atom. The first-order valence-electron chi connectivity index (χ1n) is 4.42. The monoisotopic (exact) mass is 228 g/mol. The van der Waals surface area contributed by atoms with Crippen molar-refractivity contribution in [3.8, 4) is 0 Å². The van der Waals surface area contributed by atoms with E-state index in [1.54, 1.807) is 24.3 Å². The molecule has 0 fully saturated rings. The van der Waals surface area contributed by atoms with Crippen molar-refractivity contribution in [1.82, 2.24) is 0 Å². The summed E-state index contributed by atoms with van der Waals surface area (Å²) in [5.41, 5.74) is 0.564. The molecule has 4 nitrogen and oxygen atoms in total. The molecule has 1 aromatic carbocycles. The zero-order valence-corrected chi connectivity index (χ0v) is 9.16. The molecule has 0 spiro atoms. The molecule has 0 bridgehead atoms. The summed E-state index contributed by atoms with van der Waals surface area (Å²) in [7, 11) is -3.45. The van der Waals surface area contributed by atoms with Crippen LogP contribution in [0.4, 0.5) is 0 Å². The van der Waals surface area contributed by atoms with Crippen LogP contribution in [-0.2, 0) is 14.3 Å². The normalized spacial score (nSPS) is 11.3. The highest BCUT2D eigenvalue weighted by Gasteiger charge is 2.07. The summed E-state index contributed by atoms with van der Waals surface area (Å²) in [6, 6.07) is 8.69. The van der Waals surface area contributed by atoms with Gasteiger partial charge in [-0.3, -0.25) is 8.98 Å². The number of Topliss-reactive ketones (excluding diaryl/α,β-unsaturated/α-hetero) is 1. The van der Waals surface area contributed by atoms with Gasteiger partial charge in [0.25, 0.3) is 10.1 Å². The molecule has 0 aliphatic carbocycles. The van der Waals surface area contributed by atoms with Gasteiger partial charge in [0.1, 0.15) is 0 Å². The molecule has 0 radical (unpaired) electrons. The Bertz CT molecular complexity index is 422. The van der Waals surface area contributed by atoms with Crippen LogP contribution in [0.5, 0.6) is 0 Å². The lowest BCUT2D eigenvalue weighted by atomic mass is 10.1. The summed E-state index contributed by atoms with van der Waals surface area (Å²) < 4.78 is 25.7. The van der Waals surface area contributed by atoms with Crippen molar-refractivity contribution >= 4 is 15.9 Å². The number of hydrogen-bond donors (Lipinski definition) is 0. The summed E-state index contributed by atoms with van der Waals surface area (Å²) >= 11 is 0. The van der Waals surface area contributed by atoms with Gasteiger partial charge in [0.2, 0.25) is 0 Å². The number of carbonyl (C=O) groups excluding carboxylic acids is 1.